The Kier molecular flexibility index (Phi) is 4.74. The number of phenolic OH excluding ortho intramolecular Hbond substituents is 1. The first-order valence-electron chi connectivity index (χ1n) is 6.63. The van der Waals surface area contributed by atoms with Gasteiger partial charge in [0.25, 0.3) is 0 Å². The van der Waals surface area contributed by atoms with E-state index in [1.54, 1.807) is 12.1 Å². The number of hydrogen-bond donors (Lipinski definition) is 2. The molecule has 1 aliphatic rings. The van der Waals surface area contributed by atoms with E-state index in [4.69, 9.17) is 0 Å². The van der Waals surface area contributed by atoms with E-state index in [2.05, 4.69) is 5.32 Å². The van der Waals surface area contributed by atoms with Gasteiger partial charge in [-0.2, -0.15) is 0 Å². The standard InChI is InChI=1S/C14H19FN2O2/c15-12-5-3-4-11(14(12)19)10-16-7-6-13(18)17-8-1-2-9-17/h3-5,16,19H,1-2,6-10H2. The molecule has 1 saturated heterocycles. The molecule has 5 heteroatoms. The number of nitrogens with one attached hydrogen (secondary N) is 1. The molecule has 0 saturated carbocycles. The van der Waals surface area contributed by atoms with Crippen molar-refractivity contribution in [3.05, 3.63) is 29.6 Å². The minimum Gasteiger partial charge on any atom is -0.505 e. The molecule has 1 aromatic carbocycles. The maximum absolute atomic E-state index is 13.1. The van der Waals surface area contributed by atoms with Crippen LogP contribution in [0, 0.1) is 5.82 Å². The first-order valence-corrected chi connectivity index (χ1v) is 6.63. The number of hydrogen-bond acceptors (Lipinski definition) is 3. The molecule has 2 N–H and O–H groups in total. The van der Waals surface area contributed by atoms with Gasteiger partial charge in [0.1, 0.15) is 0 Å². The van der Waals surface area contributed by atoms with Crippen LogP contribution in [0.4, 0.5) is 4.39 Å². The molecule has 1 fully saturated rings. The zero-order chi connectivity index (χ0) is 13.7. The highest BCUT2D eigenvalue weighted by Gasteiger charge is 2.16. The van der Waals surface area contributed by atoms with Crippen LogP contribution in [0.2, 0.25) is 0 Å². The summed E-state index contributed by atoms with van der Waals surface area (Å²) in [5.41, 5.74) is 0.508. The largest absolute Gasteiger partial charge is 0.505 e. The highest BCUT2D eigenvalue weighted by molar-refractivity contribution is 5.76. The van der Waals surface area contributed by atoms with E-state index >= 15 is 0 Å². The summed E-state index contributed by atoms with van der Waals surface area (Å²) in [4.78, 5) is 13.6. The predicted molar refractivity (Wildman–Crippen MR) is 70.2 cm³/mol. The molecule has 19 heavy (non-hydrogen) atoms. The van der Waals surface area contributed by atoms with E-state index in [9.17, 15) is 14.3 Å². The van der Waals surface area contributed by atoms with Crippen LogP contribution in [0.25, 0.3) is 0 Å². The van der Waals surface area contributed by atoms with Crippen molar-refractivity contribution in [2.75, 3.05) is 19.6 Å². The molecule has 104 valence electrons. The summed E-state index contributed by atoms with van der Waals surface area (Å²) in [7, 11) is 0. The highest BCUT2D eigenvalue weighted by Crippen LogP contribution is 2.20. The molecule has 4 nitrogen and oxygen atoms in total. The van der Waals surface area contributed by atoms with Crippen LogP contribution in [0.5, 0.6) is 5.75 Å². The number of nitrogens with zero attached hydrogens (tertiary/aromatic N) is 1. The molecular weight excluding hydrogens is 247 g/mol. The number of phenols is 1. The molecule has 0 spiro atoms. The summed E-state index contributed by atoms with van der Waals surface area (Å²) >= 11 is 0. The van der Waals surface area contributed by atoms with Crippen molar-refractivity contribution in [1.29, 1.82) is 0 Å². The maximum Gasteiger partial charge on any atom is 0.223 e. The van der Waals surface area contributed by atoms with Crippen molar-refractivity contribution in [2.45, 2.75) is 25.8 Å². The summed E-state index contributed by atoms with van der Waals surface area (Å²) in [5, 5.41) is 12.5. The van der Waals surface area contributed by atoms with Gasteiger partial charge in [-0.1, -0.05) is 12.1 Å². The average molecular weight is 266 g/mol. The van der Waals surface area contributed by atoms with Crippen LogP contribution in [-0.4, -0.2) is 35.5 Å². The summed E-state index contributed by atoms with van der Waals surface area (Å²) in [6, 6.07) is 4.44. The van der Waals surface area contributed by atoms with Crippen molar-refractivity contribution >= 4 is 5.91 Å². The summed E-state index contributed by atoms with van der Waals surface area (Å²) in [6.45, 7) is 2.62. The van der Waals surface area contributed by atoms with E-state index in [0.29, 0.717) is 25.1 Å². The number of para-hydroxylation sites is 1. The Balaban J connectivity index is 1.71. The van der Waals surface area contributed by atoms with Gasteiger partial charge in [0.05, 0.1) is 0 Å². The van der Waals surface area contributed by atoms with Crippen LogP contribution < -0.4 is 5.32 Å². The second-order valence-corrected chi connectivity index (χ2v) is 4.76. The molecule has 0 atom stereocenters. The van der Waals surface area contributed by atoms with Gasteiger partial charge in [0.15, 0.2) is 11.6 Å². The molecule has 0 unspecified atom stereocenters. The zero-order valence-corrected chi connectivity index (χ0v) is 10.9. The van der Waals surface area contributed by atoms with Gasteiger partial charge in [-0.25, -0.2) is 4.39 Å². The Labute approximate surface area is 112 Å². The zero-order valence-electron chi connectivity index (χ0n) is 10.9. The lowest BCUT2D eigenvalue weighted by atomic mass is 10.2. The molecule has 1 heterocycles. The lowest BCUT2D eigenvalue weighted by molar-refractivity contribution is -0.130. The maximum atomic E-state index is 13.1. The fraction of sp³-hybridized carbons (Fsp3) is 0.500. The molecule has 1 aliphatic heterocycles. The molecule has 1 aromatic rings. The minimum absolute atomic E-state index is 0.161. The number of halogens is 1. The van der Waals surface area contributed by atoms with E-state index in [1.165, 1.54) is 6.07 Å². The fourth-order valence-electron chi connectivity index (χ4n) is 2.25. The number of carbonyl (C=O) groups excluding carboxylic acids is 1. The SMILES string of the molecule is O=C(CCNCc1cccc(F)c1O)N1CCCC1. The number of aromatic hydroxyl groups is 1. The summed E-state index contributed by atoms with van der Waals surface area (Å²) in [5.74, 6) is -0.776. The Morgan fingerprint density at radius 1 is 1.37 bits per heavy atom. The third-order valence-corrected chi connectivity index (χ3v) is 3.36. The molecule has 2 rings (SSSR count). The van der Waals surface area contributed by atoms with Crippen molar-refractivity contribution in [2.24, 2.45) is 0 Å². The second-order valence-electron chi connectivity index (χ2n) is 4.76. The van der Waals surface area contributed by atoms with Gasteiger partial charge in [0, 0.05) is 38.2 Å². The monoisotopic (exact) mass is 266 g/mol. The Morgan fingerprint density at radius 3 is 2.84 bits per heavy atom. The smallest absolute Gasteiger partial charge is 0.223 e. The number of benzene rings is 1. The molecule has 0 aliphatic carbocycles. The van der Waals surface area contributed by atoms with E-state index < -0.39 is 5.82 Å². The van der Waals surface area contributed by atoms with Crippen molar-refractivity contribution < 1.29 is 14.3 Å². The first kappa shape index (κ1) is 13.8. The van der Waals surface area contributed by atoms with Crippen LogP contribution in [0.1, 0.15) is 24.8 Å². The molecule has 0 aromatic heterocycles. The average Bonchev–Trinajstić information content (AvgIpc) is 2.93. The van der Waals surface area contributed by atoms with Gasteiger partial charge in [0.2, 0.25) is 5.91 Å². The summed E-state index contributed by atoms with van der Waals surface area (Å²) in [6.07, 6.45) is 2.63. The van der Waals surface area contributed by atoms with Gasteiger partial charge in [-0.15, -0.1) is 0 Å². The van der Waals surface area contributed by atoms with Gasteiger partial charge in [-0.05, 0) is 18.9 Å². The van der Waals surface area contributed by atoms with Crippen molar-refractivity contribution in [3.63, 3.8) is 0 Å². The van der Waals surface area contributed by atoms with E-state index in [-0.39, 0.29) is 11.7 Å². The highest BCUT2D eigenvalue weighted by atomic mass is 19.1. The number of rotatable bonds is 5. The fourth-order valence-corrected chi connectivity index (χ4v) is 2.25. The van der Waals surface area contributed by atoms with Crippen LogP contribution in [-0.2, 0) is 11.3 Å². The summed E-state index contributed by atoms with van der Waals surface area (Å²) < 4.78 is 13.1. The van der Waals surface area contributed by atoms with Gasteiger partial charge >= 0.3 is 0 Å². The van der Waals surface area contributed by atoms with Gasteiger partial charge < -0.3 is 15.3 Å². The number of carbonyl (C=O) groups is 1. The molecule has 1 amide bonds. The van der Waals surface area contributed by atoms with Crippen LogP contribution >= 0.6 is 0 Å². The molecular formula is C14H19FN2O2. The molecule has 0 radical (unpaired) electrons. The number of likely N-dealkylation sites (tertiary alicyclic amines) is 1. The Morgan fingerprint density at radius 2 is 2.11 bits per heavy atom. The second kappa shape index (κ2) is 6.52. The molecule has 0 bridgehead atoms. The number of amides is 1. The van der Waals surface area contributed by atoms with Crippen LogP contribution in [0.15, 0.2) is 18.2 Å². The van der Waals surface area contributed by atoms with Crippen molar-refractivity contribution in [1.82, 2.24) is 10.2 Å². The normalized spacial score (nSPS) is 14.9. The third-order valence-electron chi connectivity index (χ3n) is 3.36. The van der Waals surface area contributed by atoms with E-state index in [1.807, 2.05) is 4.90 Å². The Hall–Kier alpha value is -1.62. The lowest BCUT2D eigenvalue weighted by Gasteiger charge is -2.15. The Bertz CT molecular complexity index is 445. The van der Waals surface area contributed by atoms with Gasteiger partial charge in [-0.3, -0.25) is 4.79 Å². The third kappa shape index (κ3) is 3.67. The van der Waals surface area contributed by atoms with Crippen LogP contribution in [0.3, 0.4) is 0 Å². The lowest BCUT2D eigenvalue weighted by Crippen LogP contribution is -2.30. The predicted octanol–water partition coefficient (Wildman–Crippen LogP) is 1.63. The quantitative estimate of drug-likeness (QED) is 0.797. The topological polar surface area (TPSA) is 52.6 Å². The minimum atomic E-state index is -0.618. The van der Waals surface area contributed by atoms with E-state index in [0.717, 1.165) is 25.9 Å². The van der Waals surface area contributed by atoms with Crippen molar-refractivity contribution in [3.8, 4) is 5.75 Å². The first-order chi connectivity index (χ1) is 9.18.